The van der Waals surface area contributed by atoms with E-state index in [2.05, 4.69) is 52.0 Å². The van der Waals surface area contributed by atoms with Crippen LogP contribution in [0.1, 0.15) is 34.6 Å². The van der Waals surface area contributed by atoms with Gasteiger partial charge >= 0.3 is 5.97 Å². The molecule has 5 nitrogen and oxygen atoms in total. The molecule has 0 fully saturated rings. The van der Waals surface area contributed by atoms with Crippen molar-refractivity contribution in [3.63, 3.8) is 0 Å². The number of halogens is 1. The van der Waals surface area contributed by atoms with Crippen molar-refractivity contribution in [3.8, 4) is 0 Å². The molecule has 0 spiro atoms. The summed E-state index contributed by atoms with van der Waals surface area (Å²) >= 11 is 2.93. The lowest BCUT2D eigenvalue weighted by molar-refractivity contribution is -0.134. The van der Waals surface area contributed by atoms with Gasteiger partial charge in [0.1, 0.15) is 0 Å². The second-order valence-corrected chi connectivity index (χ2v) is 4.82. The number of hydrogen-bond acceptors (Lipinski definition) is 5. The van der Waals surface area contributed by atoms with Gasteiger partial charge in [0.15, 0.2) is 0 Å². The maximum Gasteiger partial charge on any atom is 0.366 e. The van der Waals surface area contributed by atoms with Gasteiger partial charge in [-0.25, -0.2) is 4.79 Å². The summed E-state index contributed by atoms with van der Waals surface area (Å²) < 4.78 is 4.71. The zero-order chi connectivity index (χ0) is 13.8. The van der Waals surface area contributed by atoms with Crippen LogP contribution in [0.15, 0.2) is 5.10 Å². The van der Waals surface area contributed by atoms with Gasteiger partial charge in [-0.1, -0.05) is 20.8 Å². The molecular formula is C11H23BrN2O3. The van der Waals surface area contributed by atoms with Gasteiger partial charge in [-0.2, -0.15) is 5.10 Å². The molecule has 17 heavy (non-hydrogen) atoms. The standard InChI is InChI=1S/C7H13BrN2O3.C4H10/c1-3-13-7(12)6(8)10-9-4-5(2)11;1-4(2)3/h5,9,11H,3-4H2,1-2H3;4H,1-3H3/b10-6-;. The van der Waals surface area contributed by atoms with Crippen LogP contribution in [0.5, 0.6) is 0 Å². The van der Waals surface area contributed by atoms with Crippen LogP contribution in [-0.4, -0.2) is 35.0 Å². The zero-order valence-electron chi connectivity index (χ0n) is 11.2. The summed E-state index contributed by atoms with van der Waals surface area (Å²) in [5, 5.41) is 12.5. The third kappa shape index (κ3) is 18.0. The van der Waals surface area contributed by atoms with Crippen molar-refractivity contribution in [2.24, 2.45) is 11.0 Å². The molecule has 1 atom stereocenters. The fourth-order valence-corrected chi connectivity index (χ4v) is 0.723. The molecule has 0 saturated heterocycles. The average molecular weight is 311 g/mol. The average Bonchev–Trinajstić information content (AvgIpc) is 2.16. The molecule has 0 saturated carbocycles. The van der Waals surface area contributed by atoms with Crippen molar-refractivity contribution >= 4 is 26.5 Å². The molecule has 0 rings (SSSR count). The van der Waals surface area contributed by atoms with E-state index >= 15 is 0 Å². The van der Waals surface area contributed by atoms with E-state index in [1.54, 1.807) is 13.8 Å². The summed E-state index contributed by atoms with van der Waals surface area (Å²) in [5.41, 5.74) is 2.51. The Balaban J connectivity index is 0. The maximum atomic E-state index is 10.9. The molecule has 0 aromatic heterocycles. The van der Waals surface area contributed by atoms with Crippen LogP contribution in [0.2, 0.25) is 0 Å². The van der Waals surface area contributed by atoms with Gasteiger partial charge < -0.3 is 15.3 Å². The molecule has 0 aliphatic carbocycles. The van der Waals surface area contributed by atoms with Crippen LogP contribution in [0, 0.1) is 5.92 Å². The van der Waals surface area contributed by atoms with Crippen molar-refractivity contribution in [1.29, 1.82) is 0 Å². The van der Waals surface area contributed by atoms with E-state index < -0.39 is 12.1 Å². The fraction of sp³-hybridized carbons (Fsp3) is 0.818. The van der Waals surface area contributed by atoms with E-state index in [-0.39, 0.29) is 11.2 Å². The minimum Gasteiger partial charge on any atom is -0.461 e. The second kappa shape index (κ2) is 11.9. The predicted molar refractivity (Wildman–Crippen MR) is 73.2 cm³/mol. The molecule has 0 aliphatic rings. The molecule has 102 valence electrons. The highest BCUT2D eigenvalue weighted by atomic mass is 79.9. The SMILES string of the molecule is CC(C)C.CCOC(=O)/C(Br)=N/NCC(C)O. The minimum atomic E-state index is -0.527. The number of ether oxygens (including phenoxy) is 1. The molecular weight excluding hydrogens is 288 g/mol. The van der Waals surface area contributed by atoms with E-state index in [0.717, 1.165) is 5.92 Å². The summed E-state index contributed by atoms with van der Waals surface area (Å²) in [7, 11) is 0. The highest BCUT2D eigenvalue weighted by molar-refractivity contribution is 9.19. The van der Waals surface area contributed by atoms with Crippen molar-refractivity contribution in [1.82, 2.24) is 5.43 Å². The number of esters is 1. The number of aliphatic hydroxyl groups excluding tert-OH is 1. The first-order valence-electron chi connectivity index (χ1n) is 5.62. The first-order valence-corrected chi connectivity index (χ1v) is 6.41. The summed E-state index contributed by atoms with van der Waals surface area (Å²) in [4.78, 5) is 10.9. The number of rotatable bonds is 5. The number of hydrogen-bond donors (Lipinski definition) is 2. The lowest BCUT2D eigenvalue weighted by atomic mass is 10.3. The Hall–Kier alpha value is -0.620. The van der Waals surface area contributed by atoms with Gasteiger partial charge in [-0.05, 0) is 35.7 Å². The van der Waals surface area contributed by atoms with E-state index in [9.17, 15) is 4.79 Å². The number of carbonyl (C=O) groups is 1. The van der Waals surface area contributed by atoms with E-state index in [1.165, 1.54) is 0 Å². The Kier molecular flexibility index (Phi) is 13.1. The van der Waals surface area contributed by atoms with Gasteiger partial charge in [0.05, 0.1) is 19.3 Å². The first kappa shape index (κ1) is 18.7. The Morgan fingerprint density at radius 2 is 1.88 bits per heavy atom. The van der Waals surface area contributed by atoms with Gasteiger partial charge in [-0.15, -0.1) is 0 Å². The number of nitrogens with one attached hydrogen (secondary N) is 1. The van der Waals surface area contributed by atoms with Crippen LogP contribution in [0.3, 0.4) is 0 Å². The molecule has 0 aromatic carbocycles. The van der Waals surface area contributed by atoms with E-state index in [4.69, 9.17) is 5.11 Å². The Morgan fingerprint density at radius 1 is 1.41 bits per heavy atom. The van der Waals surface area contributed by atoms with Crippen molar-refractivity contribution in [2.75, 3.05) is 13.2 Å². The zero-order valence-corrected chi connectivity index (χ0v) is 12.7. The molecule has 0 radical (unpaired) electrons. The molecule has 6 heteroatoms. The van der Waals surface area contributed by atoms with Crippen LogP contribution in [-0.2, 0) is 9.53 Å². The van der Waals surface area contributed by atoms with Gasteiger partial charge in [0.2, 0.25) is 4.62 Å². The quantitative estimate of drug-likeness (QED) is 0.462. The smallest absolute Gasteiger partial charge is 0.366 e. The maximum absolute atomic E-state index is 10.9. The number of hydrazone groups is 1. The Morgan fingerprint density at radius 3 is 2.24 bits per heavy atom. The van der Waals surface area contributed by atoms with E-state index in [0.29, 0.717) is 6.61 Å². The minimum absolute atomic E-state index is 0.0648. The molecule has 2 N–H and O–H groups in total. The monoisotopic (exact) mass is 310 g/mol. The summed E-state index contributed by atoms with van der Waals surface area (Å²) in [6.07, 6.45) is -0.508. The Bertz CT molecular complexity index is 228. The number of aliphatic hydroxyl groups is 1. The highest BCUT2D eigenvalue weighted by Crippen LogP contribution is 1.92. The van der Waals surface area contributed by atoms with Crippen LogP contribution >= 0.6 is 15.9 Å². The molecule has 0 amide bonds. The first-order chi connectivity index (χ1) is 7.81. The summed E-state index contributed by atoms with van der Waals surface area (Å²) in [6, 6.07) is 0. The second-order valence-electron chi connectivity index (χ2n) is 4.07. The topological polar surface area (TPSA) is 70.9 Å². The molecule has 1 unspecified atom stereocenters. The lowest BCUT2D eigenvalue weighted by Crippen LogP contribution is -2.22. The largest absolute Gasteiger partial charge is 0.461 e. The third-order valence-corrected chi connectivity index (χ3v) is 1.51. The number of nitrogens with zero attached hydrogens (tertiary/aromatic N) is 1. The van der Waals surface area contributed by atoms with Crippen molar-refractivity contribution < 1.29 is 14.6 Å². The van der Waals surface area contributed by atoms with Gasteiger partial charge in [-0.3, -0.25) is 0 Å². The van der Waals surface area contributed by atoms with Gasteiger partial charge in [0, 0.05) is 0 Å². The highest BCUT2D eigenvalue weighted by Gasteiger charge is 2.07. The van der Waals surface area contributed by atoms with Gasteiger partial charge in [0.25, 0.3) is 0 Å². The van der Waals surface area contributed by atoms with Crippen LogP contribution in [0.4, 0.5) is 0 Å². The van der Waals surface area contributed by atoms with Crippen LogP contribution < -0.4 is 5.43 Å². The van der Waals surface area contributed by atoms with E-state index in [1.807, 2.05) is 0 Å². The normalized spacial score (nSPS) is 12.6. The Labute approximate surface area is 112 Å². The summed E-state index contributed by atoms with van der Waals surface area (Å²) in [5.74, 6) is 0.306. The molecule has 0 bridgehead atoms. The van der Waals surface area contributed by atoms with Crippen molar-refractivity contribution in [3.05, 3.63) is 0 Å². The molecule has 0 aliphatic heterocycles. The summed E-state index contributed by atoms with van der Waals surface area (Å²) in [6.45, 7) is 10.4. The predicted octanol–water partition coefficient (Wildman–Crippen LogP) is 1.89. The lowest BCUT2D eigenvalue weighted by Gasteiger charge is -2.03. The molecule has 0 aromatic rings. The fourth-order valence-electron chi connectivity index (χ4n) is 0.483. The van der Waals surface area contributed by atoms with Crippen LogP contribution in [0.25, 0.3) is 0 Å². The van der Waals surface area contributed by atoms with Crippen molar-refractivity contribution in [2.45, 2.75) is 40.7 Å². The third-order valence-electron chi connectivity index (χ3n) is 1.01. The molecule has 0 heterocycles. The number of carbonyl (C=O) groups excluding carboxylic acids is 1.